The van der Waals surface area contributed by atoms with Crippen molar-refractivity contribution < 1.29 is 14.6 Å². The van der Waals surface area contributed by atoms with E-state index >= 15 is 0 Å². The maximum absolute atomic E-state index is 10.0. The average Bonchev–Trinajstić information content (AvgIpc) is 3.15. The lowest BCUT2D eigenvalue weighted by Crippen LogP contribution is -2.50. The van der Waals surface area contributed by atoms with Crippen LogP contribution in [-0.4, -0.2) is 30.2 Å². The first-order valence-corrected chi connectivity index (χ1v) is 9.56. The molecule has 0 amide bonds. The van der Waals surface area contributed by atoms with E-state index < -0.39 is 5.79 Å². The fourth-order valence-corrected chi connectivity index (χ4v) is 6.34. The molecule has 0 aromatic heterocycles. The number of rotatable bonds is 0. The number of allylic oxidation sites excluding steroid dienone is 4. The predicted molar refractivity (Wildman–Crippen MR) is 92.2 cm³/mol. The summed E-state index contributed by atoms with van der Waals surface area (Å²) in [5.74, 6) is 0.531. The van der Waals surface area contributed by atoms with Crippen LogP contribution in [0.2, 0.25) is 0 Å². The van der Waals surface area contributed by atoms with E-state index in [1.165, 1.54) is 6.42 Å². The lowest BCUT2D eigenvalue weighted by atomic mass is 9.52. The highest BCUT2D eigenvalue weighted by Gasteiger charge is 2.61. The Morgan fingerprint density at radius 2 is 1.88 bits per heavy atom. The summed E-state index contributed by atoms with van der Waals surface area (Å²) in [7, 11) is 0. The second-order valence-electron chi connectivity index (χ2n) is 8.80. The Hall–Kier alpha value is -0.900. The molecule has 1 aliphatic heterocycles. The summed E-state index contributed by atoms with van der Waals surface area (Å²) in [4.78, 5) is 0. The molecule has 1 fully saturated rings. The zero-order valence-corrected chi connectivity index (χ0v) is 14.8. The van der Waals surface area contributed by atoms with Gasteiger partial charge in [0.15, 0.2) is 5.79 Å². The van der Waals surface area contributed by atoms with E-state index in [0.29, 0.717) is 25.0 Å². The van der Waals surface area contributed by atoms with Crippen LogP contribution < -0.4 is 0 Å². The molecule has 130 valence electrons. The van der Waals surface area contributed by atoms with Gasteiger partial charge in [-0.15, -0.1) is 0 Å². The van der Waals surface area contributed by atoms with Gasteiger partial charge in [0.1, 0.15) is 0 Å². The SMILES string of the molecule is C[C@]12CCC3=C(CCC4C[C@@H](O)C=C[C@]34C)C1C=CC21OCCO1. The van der Waals surface area contributed by atoms with Crippen LogP contribution >= 0.6 is 0 Å². The molecule has 3 heteroatoms. The number of aliphatic hydroxyl groups is 1. The summed E-state index contributed by atoms with van der Waals surface area (Å²) in [5, 5.41) is 10.0. The molecule has 3 nitrogen and oxygen atoms in total. The fraction of sp³-hybridized carbons (Fsp3) is 0.714. The van der Waals surface area contributed by atoms with Crippen molar-refractivity contribution in [3.05, 3.63) is 35.5 Å². The summed E-state index contributed by atoms with van der Waals surface area (Å²) in [6, 6.07) is 0. The minimum atomic E-state index is -0.494. The van der Waals surface area contributed by atoms with Gasteiger partial charge in [0.25, 0.3) is 0 Å². The van der Waals surface area contributed by atoms with Crippen molar-refractivity contribution in [3.8, 4) is 0 Å². The fourth-order valence-electron chi connectivity index (χ4n) is 6.34. The Bertz CT molecular complexity index is 654. The molecule has 4 aliphatic carbocycles. The number of aliphatic hydroxyl groups excluding tert-OH is 1. The number of hydrogen-bond acceptors (Lipinski definition) is 3. The molecular weight excluding hydrogens is 300 g/mol. The number of fused-ring (bicyclic) bond motifs is 5. The lowest BCUT2D eigenvalue weighted by molar-refractivity contribution is -0.201. The topological polar surface area (TPSA) is 38.7 Å². The normalized spacial score (nSPS) is 48.5. The van der Waals surface area contributed by atoms with Gasteiger partial charge in [0, 0.05) is 16.7 Å². The summed E-state index contributed by atoms with van der Waals surface area (Å²) < 4.78 is 12.2. The van der Waals surface area contributed by atoms with Crippen LogP contribution in [0.1, 0.15) is 46.0 Å². The Kier molecular flexibility index (Phi) is 3.10. The number of ether oxygens (including phenoxy) is 2. The van der Waals surface area contributed by atoms with E-state index in [1.54, 1.807) is 11.1 Å². The van der Waals surface area contributed by atoms with Gasteiger partial charge in [-0.25, -0.2) is 0 Å². The summed E-state index contributed by atoms with van der Waals surface area (Å²) >= 11 is 0. The standard InChI is InChI=1S/C21H28O3/c1-19-8-5-15(22)13-14(19)3-4-16-17(19)6-9-20(2)18(16)7-10-21(20)23-11-12-24-21/h5,7-8,10,14-15,18,22H,3-4,6,9,11-13H2,1-2H3/t14?,15-,18?,19-,20-/m0/s1. The molecule has 1 heterocycles. The highest BCUT2D eigenvalue weighted by Crippen LogP contribution is 2.64. The van der Waals surface area contributed by atoms with Crippen molar-refractivity contribution in [2.24, 2.45) is 22.7 Å². The average molecular weight is 328 g/mol. The van der Waals surface area contributed by atoms with E-state index in [-0.39, 0.29) is 16.9 Å². The van der Waals surface area contributed by atoms with Crippen LogP contribution in [-0.2, 0) is 9.47 Å². The van der Waals surface area contributed by atoms with E-state index in [0.717, 1.165) is 25.7 Å². The maximum Gasteiger partial charge on any atom is 0.194 e. The first-order valence-electron chi connectivity index (χ1n) is 9.56. The van der Waals surface area contributed by atoms with Crippen LogP contribution in [0, 0.1) is 22.7 Å². The van der Waals surface area contributed by atoms with Crippen LogP contribution in [0.25, 0.3) is 0 Å². The highest BCUT2D eigenvalue weighted by molar-refractivity contribution is 5.42. The van der Waals surface area contributed by atoms with Crippen molar-refractivity contribution in [1.29, 1.82) is 0 Å². The Morgan fingerprint density at radius 3 is 2.67 bits per heavy atom. The molecule has 0 radical (unpaired) electrons. The molecule has 5 rings (SSSR count). The van der Waals surface area contributed by atoms with Gasteiger partial charge in [0.2, 0.25) is 0 Å². The third-order valence-corrected chi connectivity index (χ3v) is 7.82. The first kappa shape index (κ1) is 15.4. The minimum absolute atomic E-state index is 0.0312. The molecule has 0 saturated carbocycles. The number of hydrogen-bond donors (Lipinski definition) is 1. The highest BCUT2D eigenvalue weighted by atomic mass is 16.7. The van der Waals surface area contributed by atoms with E-state index in [1.807, 2.05) is 6.08 Å². The van der Waals surface area contributed by atoms with Gasteiger partial charge < -0.3 is 14.6 Å². The van der Waals surface area contributed by atoms with Crippen molar-refractivity contribution in [2.45, 2.75) is 57.8 Å². The minimum Gasteiger partial charge on any atom is -0.389 e. The molecule has 0 aromatic carbocycles. The van der Waals surface area contributed by atoms with Gasteiger partial charge in [0.05, 0.1) is 19.3 Å². The zero-order chi connectivity index (χ0) is 16.6. The smallest absolute Gasteiger partial charge is 0.194 e. The third-order valence-electron chi connectivity index (χ3n) is 7.82. The van der Waals surface area contributed by atoms with Crippen molar-refractivity contribution in [1.82, 2.24) is 0 Å². The molecule has 5 atom stereocenters. The first-order chi connectivity index (χ1) is 11.5. The lowest BCUT2D eigenvalue weighted by Gasteiger charge is -2.53. The molecule has 0 aromatic rings. The molecule has 5 aliphatic rings. The second kappa shape index (κ2) is 4.84. The van der Waals surface area contributed by atoms with E-state index in [2.05, 4.69) is 32.1 Å². The molecule has 0 bridgehead atoms. The predicted octanol–water partition coefficient (Wildman–Crippen LogP) is 3.75. The van der Waals surface area contributed by atoms with Crippen LogP contribution in [0.4, 0.5) is 0 Å². The molecule has 1 N–H and O–H groups in total. The molecule has 2 unspecified atom stereocenters. The van der Waals surface area contributed by atoms with E-state index in [9.17, 15) is 5.11 Å². The van der Waals surface area contributed by atoms with Crippen LogP contribution in [0.15, 0.2) is 35.5 Å². The molecule has 1 spiro atoms. The second-order valence-corrected chi connectivity index (χ2v) is 8.80. The Morgan fingerprint density at radius 1 is 1.08 bits per heavy atom. The van der Waals surface area contributed by atoms with Gasteiger partial charge in [-0.2, -0.15) is 0 Å². The third kappa shape index (κ3) is 1.73. The van der Waals surface area contributed by atoms with Crippen molar-refractivity contribution in [3.63, 3.8) is 0 Å². The van der Waals surface area contributed by atoms with Gasteiger partial charge >= 0.3 is 0 Å². The molecule has 1 saturated heterocycles. The van der Waals surface area contributed by atoms with Gasteiger partial charge in [-0.3, -0.25) is 0 Å². The molecular formula is C21H28O3. The Labute approximate surface area is 144 Å². The quantitative estimate of drug-likeness (QED) is 0.688. The van der Waals surface area contributed by atoms with Gasteiger partial charge in [-0.1, -0.05) is 43.2 Å². The van der Waals surface area contributed by atoms with Crippen molar-refractivity contribution in [2.75, 3.05) is 13.2 Å². The van der Waals surface area contributed by atoms with Gasteiger partial charge in [-0.05, 0) is 44.1 Å². The summed E-state index contributed by atoms with van der Waals surface area (Å²) in [6.07, 6.45) is 14.2. The zero-order valence-electron chi connectivity index (χ0n) is 14.8. The summed E-state index contributed by atoms with van der Waals surface area (Å²) in [6.45, 7) is 6.17. The van der Waals surface area contributed by atoms with Crippen molar-refractivity contribution >= 4 is 0 Å². The Balaban J connectivity index is 1.58. The largest absolute Gasteiger partial charge is 0.389 e. The maximum atomic E-state index is 10.0. The van der Waals surface area contributed by atoms with Crippen LogP contribution in [0.3, 0.4) is 0 Å². The van der Waals surface area contributed by atoms with E-state index in [4.69, 9.17) is 9.47 Å². The molecule has 24 heavy (non-hydrogen) atoms. The van der Waals surface area contributed by atoms with Crippen LogP contribution in [0.5, 0.6) is 0 Å². The monoisotopic (exact) mass is 328 g/mol. The summed E-state index contributed by atoms with van der Waals surface area (Å²) in [5.41, 5.74) is 3.44.